The minimum Gasteiger partial charge on any atom is -1.00 e. The number of ether oxygens (including phenoxy) is 2. The molecule has 0 amide bonds. The minimum atomic E-state index is -2.95. The zero-order valence-electron chi connectivity index (χ0n) is 55.2. The van der Waals surface area contributed by atoms with Gasteiger partial charge in [0.15, 0.2) is 5.11 Å². The number of benzene rings is 6. The fraction of sp³-hybridized carbons (Fsp3) is 0.278. The highest BCUT2D eigenvalue weighted by Gasteiger charge is 2.46. The highest BCUT2D eigenvalue weighted by atomic mass is 35.5. The second kappa shape index (κ2) is 43.0. The molecule has 0 saturated heterocycles. The lowest BCUT2D eigenvalue weighted by atomic mass is 9.89. The summed E-state index contributed by atoms with van der Waals surface area (Å²) in [6.07, 6.45) is 30.1. The molecular weight excluding hydrogens is 1330 g/mol. The van der Waals surface area contributed by atoms with Gasteiger partial charge in [0.1, 0.15) is 23.0 Å². The Labute approximate surface area is 589 Å². The predicted octanol–water partition coefficient (Wildman–Crippen LogP) is 3.90. The molecule has 2 aliphatic rings. The number of hydrogen-bond acceptors (Lipinski definition) is 16. The average molecular weight is 1410 g/mol. The lowest BCUT2D eigenvalue weighted by Crippen LogP contribution is -3.00. The van der Waals surface area contributed by atoms with Gasteiger partial charge in [-0.2, -0.15) is 0 Å². The van der Waals surface area contributed by atoms with Gasteiger partial charge in [0.2, 0.25) is 0 Å². The van der Waals surface area contributed by atoms with Crippen molar-refractivity contribution in [2.24, 2.45) is 10.7 Å². The van der Waals surface area contributed by atoms with Crippen LogP contribution in [0.4, 0.5) is 11.4 Å². The van der Waals surface area contributed by atoms with Gasteiger partial charge in [-0.1, -0.05) is 99.5 Å². The van der Waals surface area contributed by atoms with Crippen LogP contribution in [-0.4, -0.2) is 117 Å². The van der Waals surface area contributed by atoms with Crippen LogP contribution in [-0.2, 0) is 26.6 Å². The molecule has 96 heavy (non-hydrogen) atoms. The summed E-state index contributed by atoms with van der Waals surface area (Å²) in [7, 11) is -2.48. The van der Waals surface area contributed by atoms with Gasteiger partial charge in [-0.3, -0.25) is 0 Å². The van der Waals surface area contributed by atoms with Crippen LogP contribution >= 0.6 is 24.4 Å². The number of thiocarbonyl (C=S) groups is 2. The van der Waals surface area contributed by atoms with Gasteiger partial charge in [-0.05, 0) is 155 Å². The molecule has 508 valence electrons. The van der Waals surface area contributed by atoms with Gasteiger partial charge in [-0.15, -0.1) is 0 Å². The Hall–Kier alpha value is -9.24. The first kappa shape index (κ1) is 82.9. The predicted molar refractivity (Wildman–Crippen MR) is 386 cm³/mol. The molecule has 0 bridgehead atoms. The molecule has 18 nitrogen and oxygen atoms in total. The molecule has 2 heterocycles. The number of hydrogen-bond donors (Lipinski definition) is 5. The van der Waals surface area contributed by atoms with Crippen molar-refractivity contribution >= 4 is 99.9 Å². The van der Waals surface area contributed by atoms with Crippen LogP contribution in [0.5, 0.6) is 23.0 Å². The van der Waals surface area contributed by atoms with Crippen molar-refractivity contribution in [3.05, 3.63) is 176 Å². The zero-order valence-corrected chi connectivity index (χ0v) is 60.4. The Kier molecular flexibility index (Phi) is 37.1. The lowest BCUT2D eigenvalue weighted by Gasteiger charge is -2.26. The van der Waals surface area contributed by atoms with E-state index in [1.54, 1.807) is 38.4 Å². The van der Waals surface area contributed by atoms with E-state index in [1.165, 1.54) is 0 Å². The summed E-state index contributed by atoms with van der Waals surface area (Å²) < 4.78 is 43.7. The monoisotopic (exact) mass is 1410 g/mol. The fourth-order valence-corrected chi connectivity index (χ4v) is 14.0. The number of anilines is 2. The van der Waals surface area contributed by atoms with Gasteiger partial charge in [0.25, 0.3) is 0 Å². The van der Waals surface area contributed by atoms with E-state index in [-0.39, 0.29) is 35.9 Å². The summed E-state index contributed by atoms with van der Waals surface area (Å²) in [5.74, 6) is 0.937. The van der Waals surface area contributed by atoms with Crippen molar-refractivity contribution in [3.63, 3.8) is 0 Å². The van der Waals surface area contributed by atoms with Crippen LogP contribution in [0.1, 0.15) is 97.4 Å². The molecule has 6 N–H and O–H groups in total. The molecule has 0 radical (unpaired) electrons. The number of terminal acetylenes is 4. The number of halogens is 2. The molecule has 0 aliphatic carbocycles. The van der Waals surface area contributed by atoms with Gasteiger partial charge in [-0.25, -0.2) is 14.6 Å². The van der Waals surface area contributed by atoms with E-state index in [2.05, 4.69) is 120 Å². The Morgan fingerprint density at radius 3 is 1.29 bits per heavy atom. The maximum atomic E-state index is 11.9. The lowest BCUT2D eigenvalue weighted by molar-refractivity contribution is -0.001000. The van der Waals surface area contributed by atoms with Crippen molar-refractivity contribution < 1.29 is 80.6 Å². The third-order valence-electron chi connectivity index (χ3n) is 14.2. The van der Waals surface area contributed by atoms with E-state index < -0.39 is 29.5 Å². The van der Waals surface area contributed by atoms with E-state index in [0.29, 0.717) is 72.6 Å². The summed E-state index contributed by atoms with van der Waals surface area (Å²) >= 11 is 9.08. The first-order valence-corrected chi connectivity index (χ1v) is 34.9. The second-order valence-corrected chi connectivity index (χ2v) is 25.7. The first-order valence-electron chi connectivity index (χ1n) is 30.3. The van der Waals surface area contributed by atoms with Crippen LogP contribution in [0.2, 0.25) is 12.1 Å². The number of nitrogens with two attached hydrogens (primary N) is 1. The average Bonchev–Trinajstić information content (AvgIpc) is 0.761. The summed E-state index contributed by atoms with van der Waals surface area (Å²) in [6.45, 7) is 25.8. The number of nitrogens with zero attached hydrogens (tertiary/aromatic N) is 3. The highest BCUT2D eigenvalue weighted by Crippen LogP contribution is 2.41. The molecule has 24 heteroatoms. The number of aliphatic imine (C=N–C) groups is 1. The Morgan fingerprint density at radius 1 is 0.594 bits per heavy atom. The van der Waals surface area contributed by atoms with E-state index in [9.17, 15) is 19.8 Å². The van der Waals surface area contributed by atoms with Crippen LogP contribution in [0.25, 0.3) is 24.3 Å². The molecule has 0 spiro atoms. The first-order chi connectivity index (χ1) is 45.4. The van der Waals surface area contributed by atoms with Gasteiger partial charge < -0.3 is 97.2 Å². The van der Waals surface area contributed by atoms with Gasteiger partial charge >= 0.3 is 29.5 Å². The van der Waals surface area contributed by atoms with Crippen molar-refractivity contribution in [1.29, 1.82) is 0 Å². The number of isothiocyanates is 1. The molecule has 8 rings (SSSR count). The smallest absolute Gasteiger partial charge is 0.649 e. The summed E-state index contributed by atoms with van der Waals surface area (Å²) in [6, 6.07) is 39.0. The molecule has 0 saturated carbocycles. The Bertz CT molecular complexity index is 3830. The molecule has 0 fully saturated rings. The standard InChI is InChI=1S/2C25H23NO3.C11H18N2O3SSi.C9H15NO3Si.C2H3NS.2ClH/c2*1-4-26(5-2)17-11-13-21-23(15-17)29-22-14-16(3)10-12-20(22)24(21)18-8-6-7-9-19(18)25(27)28;1-5-14-18(15-6-2,16-7-3)10-8-9-13-11(17)12-4;1-4-11-14(12-5-2,13-6-3)9-7-8-10;1-3-2-4;;/h2*6-15H,3-5H2,1-2H3,(H,27,28);1-2H,7-10H2,3-4H3,(H2,12,13,17);1-2H,6-10H2,3H3;1H3;2*1H/p-2. The Morgan fingerprint density at radius 2 is 0.969 bits per heavy atom. The van der Waals surface area contributed by atoms with E-state index >= 15 is 0 Å². The molecule has 0 aromatic heterocycles. The van der Waals surface area contributed by atoms with Crippen molar-refractivity contribution in [2.45, 2.75) is 66.5 Å². The minimum absolute atomic E-state index is 0. The van der Waals surface area contributed by atoms with Crippen molar-refractivity contribution in [3.8, 4) is 73.1 Å². The number of carboxylic acids is 2. The number of carboxylic acid groups (broad SMARTS) is 2. The van der Waals surface area contributed by atoms with Crippen molar-refractivity contribution in [2.75, 3.05) is 76.4 Å². The number of nitrogens with one attached hydrogen (secondary N) is 2. The molecule has 6 aromatic rings. The fourth-order valence-electron chi connectivity index (χ4n) is 9.99. The van der Waals surface area contributed by atoms with E-state index in [0.717, 1.165) is 98.6 Å². The summed E-state index contributed by atoms with van der Waals surface area (Å²) in [4.78, 5) is 31.6. The summed E-state index contributed by atoms with van der Waals surface area (Å²) in [5.41, 5.74) is 12.9. The molecule has 2 aliphatic heterocycles. The van der Waals surface area contributed by atoms with Crippen molar-refractivity contribution in [1.82, 2.24) is 10.6 Å². The highest BCUT2D eigenvalue weighted by molar-refractivity contribution is 7.80. The third kappa shape index (κ3) is 23.0. The molecular formula is C72H82Cl2N6O12S2Si2-2. The number of carbonyl (C=O) groups is 2. The van der Waals surface area contributed by atoms with Crippen LogP contribution in [0.15, 0.2) is 126 Å². The number of aromatic carboxylic acids is 2. The molecule has 0 unspecified atom stereocenters. The van der Waals surface area contributed by atoms with Gasteiger partial charge in [0, 0.05) is 128 Å². The van der Waals surface area contributed by atoms with Crippen LogP contribution in [0, 0.1) is 50.1 Å². The SMILES string of the molecule is C#CO[Si](CCCN)(OC#C)OCC.C#CO[Si](CCCNC(=S)NC)(OC#C)OCC.C=c1ccc2c(c1)Oc1cc(N(CC)CC)ccc1C=2c1ccccc1C(=O)O.C=c1ccc2c(c1)Oc1cc(N(CC)CC)ccc1C=2c1ccccc1C(=O)O.CN=C=S.[Cl-].[Cl-]. The summed E-state index contributed by atoms with van der Waals surface area (Å²) in [5, 5.41) is 31.5. The quantitative estimate of drug-likeness (QED) is 0.0180. The maximum absolute atomic E-state index is 11.9. The van der Waals surface area contributed by atoms with E-state index in [4.69, 9.17) is 79.7 Å². The number of fused-ring (bicyclic) bond motifs is 4. The largest absolute Gasteiger partial charge is 1.00 e. The third-order valence-corrected chi connectivity index (χ3v) is 19.8. The van der Waals surface area contributed by atoms with Crippen LogP contribution in [0.3, 0.4) is 0 Å². The second-order valence-electron chi connectivity index (χ2n) is 20.0. The number of rotatable bonds is 25. The van der Waals surface area contributed by atoms with E-state index in [1.807, 2.05) is 98.8 Å². The van der Waals surface area contributed by atoms with Crippen LogP contribution < -0.4 is 81.3 Å². The Balaban J connectivity index is 0.000000441. The molecule has 0 atom stereocenters. The van der Waals surface area contributed by atoms with Gasteiger partial charge in [0.05, 0.1) is 40.7 Å². The normalized spacial score (nSPS) is 10.7. The zero-order chi connectivity index (χ0) is 69.2. The maximum Gasteiger partial charge on any atom is 0.649 e. The molecule has 6 aromatic carbocycles. The topological polar surface area (TPSA) is 217 Å².